The van der Waals surface area contributed by atoms with Crippen LogP contribution >= 0.6 is 24.0 Å². The Hall–Kier alpha value is -1.17. The molecule has 0 amide bonds. The molecule has 28 heavy (non-hydrogen) atoms. The number of fused-ring (bicyclic) bond motifs is 1. The first-order valence-corrected chi connectivity index (χ1v) is 9.35. The molecule has 0 atom stereocenters. The van der Waals surface area contributed by atoms with Gasteiger partial charge in [0.1, 0.15) is 11.6 Å². The SMILES string of the molecule is CCNC(=NCCCOCCOC)NCCc1cc(F)cc2c1OCOC2.I. The molecule has 0 unspecified atom stereocenters. The van der Waals surface area contributed by atoms with Crippen molar-refractivity contribution in [1.29, 1.82) is 0 Å². The van der Waals surface area contributed by atoms with Crippen molar-refractivity contribution >= 4 is 29.9 Å². The fourth-order valence-electron chi connectivity index (χ4n) is 2.70. The van der Waals surface area contributed by atoms with Crippen LogP contribution in [0.3, 0.4) is 0 Å². The number of rotatable bonds is 11. The van der Waals surface area contributed by atoms with Gasteiger partial charge in [0, 0.05) is 38.9 Å². The van der Waals surface area contributed by atoms with Gasteiger partial charge < -0.3 is 29.6 Å². The van der Waals surface area contributed by atoms with Crippen molar-refractivity contribution in [3.05, 3.63) is 29.1 Å². The molecular formula is C19H31FIN3O4. The highest BCUT2D eigenvalue weighted by Gasteiger charge is 2.16. The lowest BCUT2D eigenvalue weighted by Gasteiger charge is -2.21. The van der Waals surface area contributed by atoms with E-state index in [1.165, 1.54) is 12.1 Å². The van der Waals surface area contributed by atoms with Crippen LogP contribution in [0.2, 0.25) is 0 Å². The maximum absolute atomic E-state index is 13.8. The van der Waals surface area contributed by atoms with E-state index in [0.29, 0.717) is 45.9 Å². The lowest BCUT2D eigenvalue weighted by atomic mass is 10.1. The van der Waals surface area contributed by atoms with Gasteiger partial charge >= 0.3 is 0 Å². The molecule has 0 saturated heterocycles. The zero-order valence-electron chi connectivity index (χ0n) is 16.6. The Morgan fingerprint density at radius 3 is 2.89 bits per heavy atom. The summed E-state index contributed by atoms with van der Waals surface area (Å²) in [6.07, 6.45) is 1.47. The number of hydrogen-bond acceptors (Lipinski definition) is 5. The number of nitrogens with zero attached hydrogens (tertiary/aromatic N) is 1. The van der Waals surface area contributed by atoms with Crippen LogP contribution in [0.1, 0.15) is 24.5 Å². The monoisotopic (exact) mass is 511 g/mol. The highest BCUT2D eigenvalue weighted by atomic mass is 127. The van der Waals surface area contributed by atoms with Gasteiger partial charge in [-0.1, -0.05) is 0 Å². The molecule has 0 aliphatic carbocycles. The van der Waals surface area contributed by atoms with Crippen LogP contribution in [0.25, 0.3) is 0 Å². The van der Waals surface area contributed by atoms with E-state index in [2.05, 4.69) is 15.6 Å². The summed E-state index contributed by atoms with van der Waals surface area (Å²) in [6.45, 7) is 6.51. The summed E-state index contributed by atoms with van der Waals surface area (Å²) in [4.78, 5) is 4.53. The van der Waals surface area contributed by atoms with Crippen LogP contribution in [-0.4, -0.2) is 59.3 Å². The molecule has 1 aromatic rings. The van der Waals surface area contributed by atoms with Crippen LogP contribution in [0.15, 0.2) is 17.1 Å². The van der Waals surface area contributed by atoms with Gasteiger partial charge in [-0.3, -0.25) is 4.99 Å². The minimum atomic E-state index is -0.271. The Labute approximate surface area is 183 Å². The van der Waals surface area contributed by atoms with Gasteiger partial charge in [0.25, 0.3) is 0 Å². The highest BCUT2D eigenvalue weighted by molar-refractivity contribution is 14.0. The van der Waals surface area contributed by atoms with Gasteiger partial charge in [-0.05, 0) is 37.5 Å². The third kappa shape index (κ3) is 8.89. The van der Waals surface area contributed by atoms with Crippen LogP contribution < -0.4 is 15.4 Å². The third-order valence-corrected chi connectivity index (χ3v) is 3.93. The molecule has 1 aromatic carbocycles. The number of nitrogens with one attached hydrogen (secondary N) is 2. The number of aliphatic imine (C=N–C) groups is 1. The molecule has 0 radical (unpaired) electrons. The molecule has 7 nitrogen and oxygen atoms in total. The smallest absolute Gasteiger partial charge is 0.191 e. The number of hydrogen-bond donors (Lipinski definition) is 2. The molecule has 0 fully saturated rings. The molecule has 9 heteroatoms. The van der Waals surface area contributed by atoms with Gasteiger partial charge in [0.05, 0.1) is 19.8 Å². The summed E-state index contributed by atoms with van der Waals surface area (Å²) in [6, 6.07) is 2.99. The summed E-state index contributed by atoms with van der Waals surface area (Å²) in [5.74, 6) is 1.20. The Kier molecular flexibility index (Phi) is 13.1. The predicted molar refractivity (Wildman–Crippen MR) is 117 cm³/mol. The van der Waals surface area contributed by atoms with Gasteiger partial charge in [-0.25, -0.2) is 4.39 Å². The van der Waals surface area contributed by atoms with Gasteiger partial charge in [0.15, 0.2) is 12.8 Å². The molecular weight excluding hydrogens is 480 g/mol. The maximum Gasteiger partial charge on any atom is 0.191 e. The Bertz CT molecular complexity index is 605. The lowest BCUT2D eigenvalue weighted by Crippen LogP contribution is -2.38. The van der Waals surface area contributed by atoms with E-state index in [9.17, 15) is 4.39 Å². The molecule has 0 saturated carbocycles. The summed E-state index contributed by atoms with van der Waals surface area (Å²) >= 11 is 0. The van der Waals surface area contributed by atoms with E-state index >= 15 is 0 Å². The molecule has 2 N–H and O–H groups in total. The minimum Gasteiger partial charge on any atom is -0.467 e. The van der Waals surface area contributed by atoms with Crippen molar-refractivity contribution in [1.82, 2.24) is 10.6 Å². The lowest BCUT2D eigenvalue weighted by molar-refractivity contribution is -0.0172. The first-order valence-electron chi connectivity index (χ1n) is 9.35. The van der Waals surface area contributed by atoms with E-state index in [0.717, 1.165) is 35.8 Å². The Morgan fingerprint density at radius 2 is 2.11 bits per heavy atom. The third-order valence-electron chi connectivity index (χ3n) is 3.93. The zero-order valence-corrected chi connectivity index (χ0v) is 18.9. The quantitative estimate of drug-likeness (QED) is 0.206. The molecule has 160 valence electrons. The van der Waals surface area contributed by atoms with Gasteiger partial charge in [-0.15, -0.1) is 24.0 Å². The molecule has 2 rings (SSSR count). The van der Waals surface area contributed by atoms with Crippen molar-refractivity contribution in [2.75, 3.05) is 53.4 Å². The number of guanidine groups is 1. The van der Waals surface area contributed by atoms with Crippen LogP contribution in [0.4, 0.5) is 4.39 Å². The fraction of sp³-hybridized carbons (Fsp3) is 0.632. The standard InChI is InChI=1S/C19H30FN3O4.HI/c1-3-21-19(22-6-4-8-25-10-9-24-2)23-7-5-15-11-17(20)12-16-13-26-14-27-18(15)16;/h11-12H,3-10,13-14H2,1-2H3,(H2,21,22,23);1H. The normalized spacial score (nSPS) is 13.3. The van der Waals surface area contributed by atoms with E-state index in [4.69, 9.17) is 18.9 Å². The van der Waals surface area contributed by atoms with Crippen LogP contribution in [0, 0.1) is 5.82 Å². The maximum atomic E-state index is 13.8. The fourth-order valence-corrected chi connectivity index (χ4v) is 2.70. The number of benzene rings is 1. The molecule has 0 spiro atoms. The molecule has 1 aliphatic heterocycles. The molecule has 1 aliphatic rings. The van der Waals surface area contributed by atoms with Crippen molar-refractivity contribution < 1.29 is 23.3 Å². The van der Waals surface area contributed by atoms with Gasteiger partial charge in [0.2, 0.25) is 0 Å². The van der Waals surface area contributed by atoms with Gasteiger partial charge in [-0.2, -0.15) is 0 Å². The average molecular weight is 511 g/mol. The molecule has 0 bridgehead atoms. The second-order valence-corrected chi connectivity index (χ2v) is 6.06. The largest absolute Gasteiger partial charge is 0.467 e. The molecule has 1 heterocycles. The summed E-state index contributed by atoms with van der Waals surface area (Å²) in [5, 5.41) is 6.48. The second-order valence-electron chi connectivity index (χ2n) is 6.06. The summed E-state index contributed by atoms with van der Waals surface area (Å²) in [5.41, 5.74) is 1.59. The number of ether oxygens (including phenoxy) is 4. The van der Waals surface area contributed by atoms with Crippen molar-refractivity contribution in [2.45, 2.75) is 26.4 Å². The van der Waals surface area contributed by atoms with Crippen LogP contribution in [0.5, 0.6) is 5.75 Å². The van der Waals surface area contributed by atoms with E-state index in [-0.39, 0.29) is 36.6 Å². The first kappa shape index (κ1) is 24.9. The van der Waals surface area contributed by atoms with Crippen molar-refractivity contribution in [3.8, 4) is 5.75 Å². The zero-order chi connectivity index (χ0) is 19.3. The van der Waals surface area contributed by atoms with E-state index in [1.54, 1.807) is 7.11 Å². The molecule has 0 aromatic heterocycles. The number of methoxy groups -OCH3 is 1. The topological polar surface area (TPSA) is 73.3 Å². The van der Waals surface area contributed by atoms with E-state index in [1.807, 2.05) is 6.92 Å². The summed E-state index contributed by atoms with van der Waals surface area (Å²) in [7, 11) is 1.65. The minimum absolute atomic E-state index is 0. The summed E-state index contributed by atoms with van der Waals surface area (Å²) < 4.78 is 34.9. The van der Waals surface area contributed by atoms with Crippen molar-refractivity contribution in [3.63, 3.8) is 0 Å². The average Bonchev–Trinajstić information content (AvgIpc) is 2.67. The first-order chi connectivity index (χ1) is 13.2. The second kappa shape index (κ2) is 14.8. The Morgan fingerprint density at radius 1 is 1.25 bits per heavy atom. The van der Waals surface area contributed by atoms with Crippen LogP contribution in [-0.2, 0) is 27.2 Å². The predicted octanol–water partition coefficient (Wildman–Crippen LogP) is 2.46. The van der Waals surface area contributed by atoms with Crippen molar-refractivity contribution in [2.24, 2.45) is 4.99 Å². The highest BCUT2D eigenvalue weighted by Crippen LogP contribution is 2.29. The number of halogens is 2. The Balaban J connectivity index is 0.00000392. The van der Waals surface area contributed by atoms with E-state index < -0.39 is 0 Å².